The lowest BCUT2D eigenvalue weighted by molar-refractivity contribution is -0.121. The molecule has 0 unspecified atom stereocenters. The quantitative estimate of drug-likeness (QED) is 0.501. The number of carbonyl (C=O) groups excluding carboxylic acids is 1. The average Bonchev–Trinajstić information content (AvgIpc) is 3.27. The second-order valence-electron chi connectivity index (χ2n) is 6.96. The highest BCUT2D eigenvalue weighted by atomic mass is 16.5. The summed E-state index contributed by atoms with van der Waals surface area (Å²) in [6.07, 6.45) is 4.84. The number of hydrogen-bond acceptors (Lipinski definition) is 5. The molecule has 3 aromatic heterocycles. The lowest BCUT2D eigenvalue weighted by Crippen LogP contribution is -2.21. The first-order chi connectivity index (χ1) is 14.1. The summed E-state index contributed by atoms with van der Waals surface area (Å²) in [5, 5.41) is 7.82. The van der Waals surface area contributed by atoms with Crippen LogP contribution in [0.2, 0.25) is 0 Å². The van der Waals surface area contributed by atoms with Crippen molar-refractivity contribution in [3.8, 4) is 22.9 Å². The van der Waals surface area contributed by atoms with Gasteiger partial charge in [-0.25, -0.2) is 4.98 Å². The number of pyridine rings is 2. The van der Waals surface area contributed by atoms with E-state index in [9.17, 15) is 4.79 Å². The summed E-state index contributed by atoms with van der Waals surface area (Å²) in [5.41, 5.74) is 8.98. The molecular formula is C22H21N5O2. The Morgan fingerprint density at radius 3 is 2.79 bits per heavy atom. The molecule has 0 bridgehead atoms. The topological polar surface area (TPSA) is 107 Å². The Labute approximate surface area is 168 Å². The molecule has 4 aromatic rings. The number of nitrogens with zero attached hydrogens (tertiary/aromatic N) is 3. The predicted molar refractivity (Wildman–Crippen MR) is 110 cm³/mol. The van der Waals surface area contributed by atoms with Crippen molar-refractivity contribution in [3.05, 3.63) is 66.6 Å². The third-order valence-corrected chi connectivity index (χ3v) is 4.81. The molecule has 0 spiro atoms. The molecule has 1 atom stereocenters. The number of nitrogens with one attached hydrogen (secondary N) is 1. The summed E-state index contributed by atoms with van der Waals surface area (Å²) < 4.78 is 5.88. The Bertz CT molecular complexity index is 1120. The molecule has 146 valence electrons. The number of H-pyrrole nitrogens is 1. The van der Waals surface area contributed by atoms with Gasteiger partial charge >= 0.3 is 0 Å². The molecule has 3 heterocycles. The van der Waals surface area contributed by atoms with Crippen LogP contribution < -0.4 is 10.5 Å². The Balaban J connectivity index is 1.46. The van der Waals surface area contributed by atoms with Crippen LogP contribution in [-0.4, -0.2) is 26.1 Å². The van der Waals surface area contributed by atoms with Gasteiger partial charge in [0.25, 0.3) is 0 Å². The van der Waals surface area contributed by atoms with E-state index in [4.69, 9.17) is 10.5 Å². The molecule has 29 heavy (non-hydrogen) atoms. The number of aryl methyl sites for hydroxylation is 1. The molecule has 1 aromatic carbocycles. The second kappa shape index (κ2) is 8.10. The number of nitrogens with two attached hydrogens (primary N) is 1. The fraction of sp³-hybridized carbons (Fsp3) is 0.182. The first-order valence-corrected chi connectivity index (χ1v) is 9.41. The Morgan fingerprint density at radius 1 is 1.17 bits per heavy atom. The number of amides is 1. The van der Waals surface area contributed by atoms with Crippen LogP contribution >= 0.6 is 0 Å². The van der Waals surface area contributed by atoms with E-state index in [0.717, 1.165) is 27.9 Å². The van der Waals surface area contributed by atoms with Crippen LogP contribution in [0.25, 0.3) is 22.2 Å². The maximum absolute atomic E-state index is 11.2. The van der Waals surface area contributed by atoms with Gasteiger partial charge in [0.1, 0.15) is 5.75 Å². The zero-order valence-corrected chi connectivity index (χ0v) is 16.0. The SMILES string of the molecule is C[C@@H](CCc1ccc2cc(Oc3ccc(-c4ccn[nH]4)cn3)ccc2n1)C(N)=O. The summed E-state index contributed by atoms with van der Waals surface area (Å²) >= 11 is 0. The number of primary amides is 1. The molecule has 0 radical (unpaired) electrons. The minimum Gasteiger partial charge on any atom is -0.439 e. The maximum Gasteiger partial charge on any atom is 0.220 e. The van der Waals surface area contributed by atoms with Gasteiger partial charge in [0.2, 0.25) is 11.8 Å². The van der Waals surface area contributed by atoms with Crippen LogP contribution in [0.3, 0.4) is 0 Å². The maximum atomic E-state index is 11.2. The normalized spacial score (nSPS) is 12.0. The smallest absolute Gasteiger partial charge is 0.220 e. The molecule has 4 rings (SSSR count). The minimum absolute atomic E-state index is 0.157. The molecule has 7 heteroatoms. The van der Waals surface area contributed by atoms with Crippen LogP contribution in [0, 0.1) is 5.92 Å². The van der Waals surface area contributed by atoms with Crippen molar-refractivity contribution in [1.82, 2.24) is 20.2 Å². The lowest BCUT2D eigenvalue weighted by Gasteiger charge is -2.09. The van der Waals surface area contributed by atoms with Gasteiger partial charge in [0.05, 0.1) is 11.2 Å². The van der Waals surface area contributed by atoms with Crippen LogP contribution in [-0.2, 0) is 11.2 Å². The highest BCUT2D eigenvalue weighted by Gasteiger charge is 2.10. The number of fused-ring (bicyclic) bond motifs is 1. The molecule has 0 saturated carbocycles. The summed E-state index contributed by atoms with van der Waals surface area (Å²) in [6, 6.07) is 15.3. The van der Waals surface area contributed by atoms with Gasteiger partial charge in [-0.1, -0.05) is 13.0 Å². The van der Waals surface area contributed by atoms with E-state index in [-0.39, 0.29) is 11.8 Å². The third-order valence-electron chi connectivity index (χ3n) is 4.81. The van der Waals surface area contributed by atoms with Crippen LogP contribution in [0.5, 0.6) is 11.6 Å². The molecule has 1 amide bonds. The molecular weight excluding hydrogens is 366 g/mol. The van der Waals surface area contributed by atoms with Crippen molar-refractivity contribution in [2.45, 2.75) is 19.8 Å². The van der Waals surface area contributed by atoms with Gasteiger partial charge in [-0.05, 0) is 49.2 Å². The largest absolute Gasteiger partial charge is 0.439 e. The summed E-state index contributed by atoms with van der Waals surface area (Å²) in [7, 11) is 0. The standard InChI is InChI=1S/C22H21N5O2/c1-14(22(23)28)2-5-17-6-3-15-12-18(7-8-19(15)26-17)29-21-9-4-16(13-24-21)20-10-11-25-27-20/h3-4,6-14H,2,5H2,1H3,(H2,23,28)(H,25,27)/t14-/m0/s1. The number of rotatable bonds is 7. The molecule has 0 fully saturated rings. The number of ether oxygens (including phenoxy) is 1. The van der Waals surface area contributed by atoms with Gasteiger partial charge < -0.3 is 10.5 Å². The number of aromatic nitrogens is 4. The van der Waals surface area contributed by atoms with Crippen molar-refractivity contribution >= 4 is 16.8 Å². The Morgan fingerprint density at radius 2 is 2.07 bits per heavy atom. The van der Waals surface area contributed by atoms with Crippen molar-refractivity contribution in [2.75, 3.05) is 0 Å². The average molecular weight is 387 g/mol. The van der Waals surface area contributed by atoms with Crippen LogP contribution in [0.1, 0.15) is 19.0 Å². The van der Waals surface area contributed by atoms with Gasteiger partial charge in [0, 0.05) is 41.0 Å². The monoisotopic (exact) mass is 387 g/mol. The molecule has 0 aliphatic carbocycles. The van der Waals surface area contributed by atoms with Crippen molar-refractivity contribution in [3.63, 3.8) is 0 Å². The number of hydrogen-bond donors (Lipinski definition) is 2. The van der Waals surface area contributed by atoms with Gasteiger partial charge in [-0.15, -0.1) is 0 Å². The zero-order chi connectivity index (χ0) is 20.2. The first-order valence-electron chi connectivity index (χ1n) is 9.41. The van der Waals surface area contributed by atoms with E-state index in [1.54, 1.807) is 12.4 Å². The van der Waals surface area contributed by atoms with Crippen molar-refractivity contribution in [2.24, 2.45) is 11.7 Å². The van der Waals surface area contributed by atoms with Crippen LogP contribution in [0.4, 0.5) is 0 Å². The van der Waals surface area contributed by atoms with E-state index in [1.165, 1.54) is 0 Å². The Hall–Kier alpha value is -3.74. The molecule has 3 N–H and O–H groups in total. The Kier molecular flexibility index (Phi) is 5.20. The lowest BCUT2D eigenvalue weighted by atomic mass is 10.0. The highest BCUT2D eigenvalue weighted by molar-refractivity contribution is 5.80. The summed E-state index contributed by atoms with van der Waals surface area (Å²) in [5.74, 6) is 0.767. The second-order valence-corrected chi connectivity index (χ2v) is 6.96. The van der Waals surface area contributed by atoms with E-state index >= 15 is 0 Å². The predicted octanol–water partition coefficient (Wildman–Crippen LogP) is 3.87. The zero-order valence-electron chi connectivity index (χ0n) is 16.0. The summed E-state index contributed by atoms with van der Waals surface area (Å²) in [6.45, 7) is 1.84. The molecule has 0 aliphatic rings. The van der Waals surface area contributed by atoms with E-state index in [0.29, 0.717) is 24.5 Å². The van der Waals surface area contributed by atoms with E-state index in [1.807, 2.05) is 55.5 Å². The van der Waals surface area contributed by atoms with E-state index < -0.39 is 0 Å². The fourth-order valence-electron chi connectivity index (χ4n) is 2.99. The minimum atomic E-state index is -0.279. The first kappa shape index (κ1) is 18.6. The summed E-state index contributed by atoms with van der Waals surface area (Å²) in [4.78, 5) is 20.2. The number of benzene rings is 1. The molecule has 0 saturated heterocycles. The number of aromatic amines is 1. The molecule has 7 nitrogen and oxygen atoms in total. The highest BCUT2D eigenvalue weighted by Crippen LogP contribution is 2.26. The third kappa shape index (κ3) is 4.40. The van der Waals surface area contributed by atoms with E-state index in [2.05, 4.69) is 20.2 Å². The van der Waals surface area contributed by atoms with Gasteiger partial charge in [0.15, 0.2) is 0 Å². The van der Waals surface area contributed by atoms with Crippen molar-refractivity contribution in [1.29, 1.82) is 0 Å². The fourth-order valence-corrected chi connectivity index (χ4v) is 2.99. The van der Waals surface area contributed by atoms with Gasteiger partial charge in [-0.2, -0.15) is 5.10 Å². The van der Waals surface area contributed by atoms with Crippen molar-refractivity contribution < 1.29 is 9.53 Å². The van der Waals surface area contributed by atoms with Gasteiger partial charge in [-0.3, -0.25) is 14.9 Å². The molecule has 0 aliphatic heterocycles. The van der Waals surface area contributed by atoms with Crippen LogP contribution in [0.15, 0.2) is 60.9 Å². The number of carbonyl (C=O) groups is 1.